The van der Waals surface area contributed by atoms with Crippen molar-refractivity contribution in [2.24, 2.45) is 0 Å². The quantitative estimate of drug-likeness (QED) is 0.508. The maximum atomic E-state index is 10.7. The standard InChI is InChI=1S/C13H9BrN4O2/c14-9-1-3-12(8(5-9)7-15)17-10-2-4-13(18(19)20)11(16)6-10/h1-6,17H,16H2. The van der Waals surface area contributed by atoms with Crippen molar-refractivity contribution < 1.29 is 4.92 Å². The van der Waals surface area contributed by atoms with Crippen molar-refractivity contribution in [3.8, 4) is 6.07 Å². The van der Waals surface area contributed by atoms with Crippen molar-refractivity contribution in [3.63, 3.8) is 0 Å². The third kappa shape index (κ3) is 2.87. The van der Waals surface area contributed by atoms with E-state index in [0.717, 1.165) is 4.47 Å². The van der Waals surface area contributed by atoms with Crippen LogP contribution in [0.3, 0.4) is 0 Å². The third-order valence-corrected chi connectivity index (χ3v) is 3.10. The number of anilines is 3. The van der Waals surface area contributed by atoms with Crippen LogP contribution in [0.2, 0.25) is 0 Å². The van der Waals surface area contributed by atoms with Crippen LogP contribution in [-0.4, -0.2) is 4.92 Å². The van der Waals surface area contributed by atoms with Crippen molar-refractivity contribution in [3.05, 3.63) is 56.5 Å². The fourth-order valence-electron chi connectivity index (χ4n) is 1.67. The van der Waals surface area contributed by atoms with Crippen LogP contribution in [0, 0.1) is 21.4 Å². The second kappa shape index (κ2) is 5.59. The van der Waals surface area contributed by atoms with Gasteiger partial charge >= 0.3 is 0 Å². The Hall–Kier alpha value is -2.59. The Labute approximate surface area is 123 Å². The highest BCUT2D eigenvalue weighted by atomic mass is 79.9. The second-order valence-corrected chi connectivity index (χ2v) is 4.87. The van der Waals surface area contributed by atoms with E-state index in [1.54, 1.807) is 18.2 Å². The Bertz CT molecular complexity index is 725. The van der Waals surface area contributed by atoms with Gasteiger partial charge in [0.25, 0.3) is 5.69 Å². The summed E-state index contributed by atoms with van der Waals surface area (Å²) in [6.45, 7) is 0. The number of nitrogens with zero attached hydrogens (tertiary/aromatic N) is 2. The lowest BCUT2D eigenvalue weighted by Gasteiger charge is -2.09. The van der Waals surface area contributed by atoms with Gasteiger partial charge in [-0.05, 0) is 30.3 Å². The summed E-state index contributed by atoms with van der Waals surface area (Å²) in [4.78, 5) is 10.1. The molecule has 7 heteroatoms. The molecule has 0 aliphatic heterocycles. The van der Waals surface area contributed by atoms with Crippen LogP contribution in [0.15, 0.2) is 40.9 Å². The van der Waals surface area contributed by atoms with Gasteiger partial charge in [0, 0.05) is 16.2 Å². The Kier molecular flexibility index (Phi) is 3.86. The number of nitriles is 1. The summed E-state index contributed by atoms with van der Waals surface area (Å²) in [6.07, 6.45) is 0. The van der Waals surface area contributed by atoms with Crippen LogP contribution >= 0.6 is 15.9 Å². The normalized spacial score (nSPS) is 9.80. The van der Waals surface area contributed by atoms with Gasteiger partial charge < -0.3 is 11.1 Å². The molecule has 2 aromatic carbocycles. The fraction of sp³-hybridized carbons (Fsp3) is 0. The minimum absolute atomic E-state index is 0.0654. The fourth-order valence-corrected chi connectivity index (χ4v) is 2.03. The van der Waals surface area contributed by atoms with Gasteiger partial charge in [-0.15, -0.1) is 0 Å². The number of nitrogen functional groups attached to an aromatic ring is 1. The van der Waals surface area contributed by atoms with Crippen LogP contribution in [-0.2, 0) is 0 Å². The lowest BCUT2D eigenvalue weighted by atomic mass is 10.2. The molecule has 0 saturated heterocycles. The van der Waals surface area contributed by atoms with E-state index in [-0.39, 0.29) is 11.4 Å². The Balaban J connectivity index is 2.34. The number of nitrogens with one attached hydrogen (secondary N) is 1. The molecule has 0 bridgehead atoms. The number of rotatable bonds is 3. The van der Waals surface area contributed by atoms with Crippen LogP contribution in [0.5, 0.6) is 0 Å². The van der Waals surface area contributed by atoms with Gasteiger partial charge in [0.1, 0.15) is 11.8 Å². The molecule has 0 fully saturated rings. The molecule has 0 saturated carbocycles. The van der Waals surface area contributed by atoms with Gasteiger partial charge in [-0.2, -0.15) is 5.26 Å². The average molecular weight is 333 g/mol. The van der Waals surface area contributed by atoms with E-state index in [4.69, 9.17) is 11.0 Å². The smallest absolute Gasteiger partial charge is 0.292 e. The van der Waals surface area contributed by atoms with E-state index in [1.807, 2.05) is 0 Å². The topological polar surface area (TPSA) is 105 Å². The lowest BCUT2D eigenvalue weighted by molar-refractivity contribution is -0.383. The first-order valence-electron chi connectivity index (χ1n) is 5.52. The van der Waals surface area contributed by atoms with Crippen molar-refractivity contribution in [2.75, 3.05) is 11.1 Å². The lowest BCUT2D eigenvalue weighted by Crippen LogP contribution is -1.98. The predicted molar refractivity (Wildman–Crippen MR) is 79.6 cm³/mol. The largest absolute Gasteiger partial charge is 0.393 e. The van der Waals surface area contributed by atoms with E-state index >= 15 is 0 Å². The first-order chi connectivity index (χ1) is 9.51. The summed E-state index contributed by atoms with van der Waals surface area (Å²) in [5, 5.41) is 22.8. The van der Waals surface area contributed by atoms with Crippen molar-refractivity contribution in [2.45, 2.75) is 0 Å². The third-order valence-electron chi connectivity index (χ3n) is 2.61. The van der Waals surface area contributed by atoms with E-state index in [0.29, 0.717) is 16.9 Å². The number of nitrogens with two attached hydrogens (primary N) is 1. The van der Waals surface area contributed by atoms with Crippen LogP contribution in [0.1, 0.15) is 5.56 Å². The molecule has 100 valence electrons. The van der Waals surface area contributed by atoms with Gasteiger partial charge in [-0.1, -0.05) is 15.9 Å². The molecular formula is C13H9BrN4O2. The summed E-state index contributed by atoms with van der Waals surface area (Å²) in [7, 11) is 0. The van der Waals surface area contributed by atoms with Gasteiger partial charge in [-0.25, -0.2) is 0 Å². The maximum absolute atomic E-state index is 10.7. The molecule has 20 heavy (non-hydrogen) atoms. The first-order valence-corrected chi connectivity index (χ1v) is 6.31. The highest BCUT2D eigenvalue weighted by Crippen LogP contribution is 2.28. The molecule has 0 unspecified atom stereocenters. The summed E-state index contributed by atoms with van der Waals surface area (Å²) < 4.78 is 0.794. The van der Waals surface area contributed by atoms with Crippen LogP contribution in [0.4, 0.5) is 22.7 Å². The molecule has 0 atom stereocenters. The number of benzene rings is 2. The molecule has 0 spiro atoms. The molecule has 0 amide bonds. The van der Waals surface area contributed by atoms with E-state index < -0.39 is 4.92 Å². The number of nitro groups is 1. The maximum Gasteiger partial charge on any atom is 0.292 e. The predicted octanol–water partition coefficient (Wildman–Crippen LogP) is 3.55. The molecule has 6 nitrogen and oxygen atoms in total. The zero-order valence-corrected chi connectivity index (χ0v) is 11.7. The highest BCUT2D eigenvalue weighted by Gasteiger charge is 2.11. The molecule has 2 rings (SSSR count). The average Bonchev–Trinajstić information content (AvgIpc) is 2.40. The minimum atomic E-state index is -0.542. The summed E-state index contributed by atoms with van der Waals surface area (Å²) >= 11 is 3.29. The molecule has 3 N–H and O–H groups in total. The SMILES string of the molecule is N#Cc1cc(Br)ccc1Nc1ccc([N+](=O)[O-])c(N)c1. The van der Waals surface area contributed by atoms with Crippen molar-refractivity contribution in [1.82, 2.24) is 0 Å². The Morgan fingerprint density at radius 3 is 2.65 bits per heavy atom. The summed E-state index contributed by atoms with van der Waals surface area (Å²) in [5.41, 5.74) is 7.17. The molecule has 0 radical (unpaired) electrons. The molecule has 0 aromatic heterocycles. The molecule has 0 aliphatic carbocycles. The highest BCUT2D eigenvalue weighted by molar-refractivity contribution is 9.10. The van der Waals surface area contributed by atoms with Crippen LogP contribution < -0.4 is 11.1 Å². The van der Waals surface area contributed by atoms with Crippen molar-refractivity contribution >= 4 is 38.7 Å². The van der Waals surface area contributed by atoms with Gasteiger partial charge in [0.15, 0.2) is 0 Å². The molecular weight excluding hydrogens is 324 g/mol. The number of nitro benzene ring substituents is 1. The minimum Gasteiger partial charge on any atom is -0.393 e. The van der Waals surface area contributed by atoms with Gasteiger partial charge in [0.05, 0.1) is 16.2 Å². The summed E-state index contributed by atoms with van der Waals surface area (Å²) in [5.74, 6) is 0. The Morgan fingerprint density at radius 1 is 1.30 bits per heavy atom. The van der Waals surface area contributed by atoms with Crippen LogP contribution in [0.25, 0.3) is 0 Å². The monoisotopic (exact) mass is 332 g/mol. The zero-order valence-electron chi connectivity index (χ0n) is 10.1. The summed E-state index contributed by atoms with van der Waals surface area (Å²) in [6, 6.07) is 11.6. The number of hydrogen-bond acceptors (Lipinski definition) is 5. The second-order valence-electron chi connectivity index (χ2n) is 3.96. The van der Waals surface area contributed by atoms with Gasteiger partial charge in [0.2, 0.25) is 0 Å². The van der Waals surface area contributed by atoms with E-state index in [2.05, 4.69) is 27.3 Å². The van der Waals surface area contributed by atoms with Gasteiger partial charge in [-0.3, -0.25) is 10.1 Å². The molecule has 0 heterocycles. The number of halogens is 1. The van der Waals surface area contributed by atoms with Crippen molar-refractivity contribution in [1.29, 1.82) is 5.26 Å². The van der Waals surface area contributed by atoms with E-state index in [9.17, 15) is 10.1 Å². The van der Waals surface area contributed by atoms with E-state index in [1.165, 1.54) is 18.2 Å². The molecule has 0 aliphatic rings. The first kappa shape index (κ1) is 13.8. The Morgan fingerprint density at radius 2 is 2.05 bits per heavy atom. The zero-order chi connectivity index (χ0) is 14.7. The number of hydrogen-bond donors (Lipinski definition) is 2. The molecule has 2 aromatic rings.